The summed E-state index contributed by atoms with van der Waals surface area (Å²) in [5.41, 5.74) is 4.15. The quantitative estimate of drug-likeness (QED) is 0.463. The standard InChI is InChI=1S/C26H29FN2O3S/c1-19-9-15-24(16-10-19)33(31,32)29(25-8-4-6-20(2)21(25)3)18-26(30)28-17-5-7-22-11-13-23(27)14-12-22/h4,6,8-16H,5,7,17-18H2,1-3H3,(H,28,30). The molecule has 5 nitrogen and oxygen atoms in total. The summed E-state index contributed by atoms with van der Waals surface area (Å²) >= 11 is 0. The van der Waals surface area contributed by atoms with Crippen molar-refractivity contribution in [3.63, 3.8) is 0 Å². The van der Waals surface area contributed by atoms with Crippen molar-refractivity contribution < 1.29 is 17.6 Å². The number of carbonyl (C=O) groups is 1. The number of hydrogen-bond donors (Lipinski definition) is 1. The molecule has 0 fully saturated rings. The molecule has 0 aliphatic rings. The lowest BCUT2D eigenvalue weighted by Gasteiger charge is -2.26. The van der Waals surface area contributed by atoms with Crippen LogP contribution >= 0.6 is 0 Å². The van der Waals surface area contributed by atoms with Crippen molar-refractivity contribution in [3.8, 4) is 0 Å². The number of nitrogens with one attached hydrogen (secondary N) is 1. The first-order valence-electron chi connectivity index (χ1n) is 10.9. The molecule has 0 aromatic heterocycles. The fourth-order valence-electron chi connectivity index (χ4n) is 3.50. The largest absolute Gasteiger partial charge is 0.355 e. The van der Waals surface area contributed by atoms with Crippen LogP contribution in [0.3, 0.4) is 0 Å². The van der Waals surface area contributed by atoms with Crippen LogP contribution in [0.4, 0.5) is 10.1 Å². The maximum Gasteiger partial charge on any atom is 0.264 e. The van der Waals surface area contributed by atoms with Gasteiger partial charge in [0.2, 0.25) is 5.91 Å². The van der Waals surface area contributed by atoms with Gasteiger partial charge in [0.25, 0.3) is 10.0 Å². The van der Waals surface area contributed by atoms with Gasteiger partial charge in [-0.2, -0.15) is 0 Å². The number of aryl methyl sites for hydroxylation is 3. The molecule has 0 bridgehead atoms. The molecule has 3 aromatic rings. The van der Waals surface area contributed by atoms with E-state index in [9.17, 15) is 17.6 Å². The van der Waals surface area contributed by atoms with Gasteiger partial charge in [-0.3, -0.25) is 9.10 Å². The summed E-state index contributed by atoms with van der Waals surface area (Å²) in [6.07, 6.45) is 1.34. The van der Waals surface area contributed by atoms with Gasteiger partial charge in [0, 0.05) is 6.54 Å². The molecular formula is C26H29FN2O3S. The number of sulfonamides is 1. The van der Waals surface area contributed by atoms with Gasteiger partial charge in [-0.1, -0.05) is 42.0 Å². The van der Waals surface area contributed by atoms with E-state index in [1.54, 1.807) is 48.5 Å². The third-order valence-corrected chi connectivity index (χ3v) is 7.39. The van der Waals surface area contributed by atoms with E-state index in [0.717, 1.165) is 22.3 Å². The molecule has 3 aromatic carbocycles. The Morgan fingerprint density at radius 3 is 2.27 bits per heavy atom. The first-order chi connectivity index (χ1) is 15.7. The van der Waals surface area contributed by atoms with Crippen molar-refractivity contribution in [2.24, 2.45) is 0 Å². The first-order valence-corrected chi connectivity index (χ1v) is 12.3. The predicted octanol–water partition coefficient (Wildman–Crippen LogP) is 4.70. The van der Waals surface area contributed by atoms with E-state index in [-0.39, 0.29) is 23.2 Å². The maximum absolute atomic E-state index is 13.5. The fourth-order valence-corrected chi connectivity index (χ4v) is 4.98. The van der Waals surface area contributed by atoms with E-state index < -0.39 is 10.0 Å². The summed E-state index contributed by atoms with van der Waals surface area (Å²) in [6.45, 7) is 5.71. The third-order valence-electron chi connectivity index (χ3n) is 5.62. The van der Waals surface area contributed by atoms with E-state index in [2.05, 4.69) is 5.32 Å². The van der Waals surface area contributed by atoms with Crippen molar-refractivity contribution in [2.75, 3.05) is 17.4 Å². The number of anilines is 1. The number of amides is 1. The number of rotatable bonds is 9. The second-order valence-corrected chi connectivity index (χ2v) is 9.99. The molecule has 0 saturated heterocycles. The summed E-state index contributed by atoms with van der Waals surface area (Å²) in [6, 6.07) is 18.3. The van der Waals surface area contributed by atoms with E-state index >= 15 is 0 Å². The lowest BCUT2D eigenvalue weighted by atomic mass is 10.1. The molecule has 0 unspecified atom stereocenters. The van der Waals surface area contributed by atoms with E-state index in [0.29, 0.717) is 25.1 Å². The van der Waals surface area contributed by atoms with Gasteiger partial charge in [-0.25, -0.2) is 12.8 Å². The van der Waals surface area contributed by atoms with Crippen LogP contribution in [-0.2, 0) is 21.2 Å². The van der Waals surface area contributed by atoms with Gasteiger partial charge in [0.1, 0.15) is 12.4 Å². The van der Waals surface area contributed by atoms with Crippen molar-refractivity contribution in [1.29, 1.82) is 0 Å². The highest BCUT2D eigenvalue weighted by Crippen LogP contribution is 2.28. The molecule has 0 aliphatic heterocycles. The van der Waals surface area contributed by atoms with Crippen LogP contribution in [0.15, 0.2) is 71.6 Å². The van der Waals surface area contributed by atoms with Gasteiger partial charge in [0.05, 0.1) is 10.6 Å². The molecule has 1 N–H and O–H groups in total. The zero-order valence-electron chi connectivity index (χ0n) is 19.1. The first kappa shape index (κ1) is 24.5. The number of halogens is 1. The summed E-state index contributed by atoms with van der Waals surface area (Å²) < 4.78 is 41.2. The minimum atomic E-state index is -3.95. The molecule has 0 radical (unpaired) electrons. The topological polar surface area (TPSA) is 66.5 Å². The highest BCUT2D eigenvalue weighted by Gasteiger charge is 2.28. The average molecular weight is 469 g/mol. The Labute approximate surface area is 195 Å². The Morgan fingerprint density at radius 1 is 0.939 bits per heavy atom. The maximum atomic E-state index is 13.5. The van der Waals surface area contributed by atoms with Gasteiger partial charge in [0.15, 0.2) is 0 Å². The van der Waals surface area contributed by atoms with Gasteiger partial charge in [-0.15, -0.1) is 0 Å². The minimum Gasteiger partial charge on any atom is -0.355 e. The normalized spacial score (nSPS) is 11.3. The highest BCUT2D eigenvalue weighted by atomic mass is 32.2. The van der Waals surface area contributed by atoms with Crippen molar-refractivity contribution in [3.05, 3.63) is 94.8 Å². The molecule has 1 amide bonds. The van der Waals surface area contributed by atoms with Crippen LogP contribution in [0, 0.1) is 26.6 Å². The van der Waals surface area contributed by atoms with Crippen LogP contribution < -0.4 is 9.62 Å². The molecule has 0 spiro atoms. The molecule has 0 aliphatic carbocycles. The molecule has 7 heteroatoms. The second kappa shape index (κ2) is 10.6. The van der Waals surface area contributed by atoms with E-state index in [1.165, 1.54) is 16.4 Å². The molecule has 174 valence electrons. The Morgan fingerprint density at radius 2 is 1.61 bits per heavy atom. The molecule has 0 atom stereocenters. The number of carbonyl (C=O) groups excluding carboxylic acids is 1. The lowest BCUT2D eigenvalue weighted by Crippen LogP contribution is -2.41. The zero-order valence-corrected chi connectivity index (χ0v) is 20.0. The van der Waals surface area contributed by atoms with E-state index in [1.807, 2.05) is 26.8 Å². The average Bonchev–Trinajstić information content (AvgIpc) is 2.78. The van der Waals surface area contributed by atoms with Gasteiger partial charge >= 0.3 is 0 Å². The second-order valence-electron chi connectivity index (χ2n) is 8.12. The third kappa shape index (κ3) is 6.20. The molecular weight excluding hydrogens is 439 g/mol. The number of hydrogen-bond acceptors (Lipinski definition) is 3. The van der Waals surface area contributed by atoms with Crippen LogP contribution in [-0.4, -0.2) is 27.4 Å². The molecule has 3 rings (SSSR count). The van der Waals surface area contributed by atoms with Crippen LogP contribution in [0.25, 0.3) is 0 Å². The molecule has 33 heavy (non-hydrogen) atoms. The Bertz CT molecular complexity index is 1210. The Kier molecular flexibility index (Phi) is 7.87. The Balaban J connectivity index is 1.75. The lowest BCUT2D eigenvalue weighted by molar-refractivity contribution is -0.119. The smallest absolute Gasteiger partial charge is 0.264 e. The predicted molar refractivity (Wildman–Crippen MR) is 129 cm³/mol. The van der Waals surface area contributed by atoms with Crippen LogP contribution in [0.2, 0.25) is 0 Å². The minimum absolute atomic E-state index is 0.137. The van der Waals surface area contributed by atoms with Gasteiger partial charge < -0.3 is 5.32 Å². The zero-order chi connectivity index (χ0) is 24.0. The van der Waals surface area contributed by atoms with Gasteiger partial charge in [-0.05, 0) is 80.6 Å². The van der Waals surface area contributed by atoms with E-state index in [4.69, 9.17) is 0 Å². The number of nitrogens with zero attached hydrogens (tertiary/aromatic N) is 1. The van der Waals surface area contributed by atoms with Crippen LogP contribution in [0.1, 0.15) is 28.7 Å². The molecule has 0 saturated carbocycles. The summed E-state index contributed by atoms with van der Waals surface area (Å²) in [7, 11) is -3.95. The van der Waals surface area contributed by atoms with Crippen molar-refractivity contribution in [1.82, 2.24) is 5.32 Å². The van der Waals surface area contributed by atoms with Crippen molar-refractivity contribution in [2.45, 2.75) is 38.5 Å². The SMILES string of the molecule is Cc1ccc(S(=O)(=O)N(CC(=O)NCCCc2ccc(F)cc2)c2cccc(C)c2C)cc1. The van der Waals surface area contributed by atoms with Crippen molar-refractivity contribution >= 4 is 21.6 Å². The monoisotopic (exact) mass is 468 g/mol. The molecule has 0 heterocycles. The summed E-state index contributed by atoms with van der Waals surface area (Å²) in [5, 5.41) is 2.81. The highest BCUT2D eigenvalue weighted by molar-refractivity contribution is 7.92. The van der Waals surface area contributed by atoms with Crippen LogP contribution in [0.5, 0.6) is 0 Å². The summed E-state index contributed by atoms with van der Waals surface area (Å²) in [5.74, 6) is -0.668. The Hall–Kier alpha value is -3.19. The number of benzene rings is 3. The fraction of sp³-hybridized carbons (Fsp3) is 0.269. The summed E-state index contributed by atoms with van der Waals surface area (Å²) in [4.78, 5) is 12.9.